The molecule has 0 aliphatic heterocycles. The lowest BCUT2D eigenvalue weighted by molar-refractivity contribution is -0.143. The van der Waals surface area contributed by atoms with Crippen LogP contribution in [0.5, 0.6) is 0 Å². The number of carboxylic acid groups (broad SMARTS) is 1. The first kappa shape index (κ1) is 39.4. The van der Waals surface area contributed by atoms with Gasteiger partial charge in [-0.05, 0) is 18.4 Å². The molecule has 256 valence electrons. The quantitative estimate of drug-likeness (QED) is 0.0668. The van der Waals surface area contributed by atoms with Crippen molar-refractivity contribution >= 4 is 41.4 Å². The Morgan fingerprint density at radius 2 is 1.17 bits per heavy atom. The largest absolute Gasteiger partial charge is 0.480 e. The molecule has 0 fully saturated rings. The number of amides is 6. The molecule has 0 aromatic heterocycles. The summed E-state index contributed by atoms with van der Waals surface area (Å²) in [5.74, 6) is -8.12. The number of aliphatic hydroxyl groups excluding tert-OH is 3. The van der Waals surface area contributed by atoms with Crippen LogP contribution in [0.1, 0.15) is 32.8 Å². The van der Waals surface area contributed by atoms with Crippen molar-refractivity contribution in [2.45, 2.75) is 76.0 Å². The molecule has 1 rings (SSSR count). The summed E-state index contributed by atoms with van der Waals surface area (Å²) < 4.78 is 0. The van der Waals surface area contributed by atoms with Gasteiger partial charge in [0.25, 0.3) is 0 Å². The molecule has 0 bridgehead atoms. The van der Waals surface area contributed by atoms with E-state index >= 15 is 0 Å². The van der Waals surface area contributed by atoms with Gasteiger partial charge in [0.1, 0.15) is 36.3 Å². The molecule has 1 aromatic rings. The minimum atomic E-state index is -1.72. The minimum Gasteiger partial charge on any atom is -0.480 e. The Bertz CT molecular complexity index is 1230. The summed E-state index contributed by atoms with van der Waals surface area (Å²) in [7, 11) is 0. The average Bonchev–Trinajstić information content (AvgIpc) is 2.99. The van der Waals surface area contributed by atoms with E-state index in [4.69, 9.17) is 11.5 Å². The third kappa shape index (κ3) is 12.8. The van der Waals surface area contributed by atoms with Crippen molar-refractivity contribution < 1.29 is 54.0 Å². The third-order valence-corrected chi connectivity index (χ3v) is 6.64. The van der Waals surface area contributed by atoms with Gasteiger partial charge in [-0.3, -0.25) is 28.8 Å². The number of hydrogen-bond acceptors (Lipinski definition) is 11. The molecule has 0 unspecified atom stereocenters. The maximum absolute atomic E-state index is 13.3. The number of carboxylic acids is 1. The maximum Gasteiger partial charge on any atom is 0.328 e. The van der Waals surface area contributed by atoms with Gasteiger partial charge in [-0.25, -0.2) is 4.79 Å². The summed E-state index contributed by atoms with van der Waals surface area (Å²) in [6.45, 7) is 2.49. The third-order valence-electron chi connectivity index (χ3n) is 6.64. The van der Waals surface area contributed by atoms with E-state index in [2.05, 4.69) is 26.6 Å². The van der Waals surface area contributed by atoms with Crippen LogP contribution in [-0.4, -0.2) is 117 Å². The molecule has 13 N–H and O–H groups in total. The lowest BCUT2D eigenvalue weighted by atomic mass is 10.0. The number of nitrogens with one attached hydrogen (secondary N) is 5. The second kappa shape index (κ2) is 19.0. The summed E-state index contributed by atoms with van der Waals surface area (Å²) >= 11 is 0. The lowest BCUT2D eigenvalue weighted by Gasteiger charge is -2.27. The number of hydrogen-bond donors (Lipinski definition) is 11. The van der Waals surface area contributed by atoms with Crippen LogP contribution >= 0.6 is 0 Å². The van der Waals surface area contributed by atoms with Crippen molar-refractivity contribution in [2.24, 2.45) is 17.4 Å². The van der Waals surface area contributed by atoms with Crippen molar-refractivity contribution in [2.75, 3.05) is 13.2 Å². The van der Waals surface area contributed by atoms with Gasteiger partial charge in [0.2, 0.25) is 35.4 Å². The van der Waals surface area contributed by atoms with Crippen LogP contribution in [0.2, 0.25) is 0 Å². The zero-order chi connectivity index (χ0) is 35.1. The van der Waals surface area contributed by atoms with Crippen molar-refractivity contribution in [3.63, 3.8) is 0 Å². The van der Waals surface area contributed by atoms with E-state index < -0.39 is 109 Å². The number of primary amides is 1. The highest BCUT2D eigenvalue weighted by Crippen LogP contribution is 2.07. The molecule has 0 saturated carbocycles. The van der Waals surface area contributed by atoms with Gasteiger partial charge < -0.3 is 58.5 Å². The molecule has 7 atom stereocenters. The molecule has 0 spiro atoms. The first-order valence-corrected chi connectivity index (χ1v) is 14.2. The number of aliphatic carboxylic acids is 1. The summed E-state index contributed by atoms with van der Waals surface area (Å²) in [6, 6.07) is -0.938. The van der Waals surface area contributed by atoms with Crippen LogP contribution in [-0.2, 0) is 40.0 Å². The van der Waals surface area contributed by atoms with Crippen molar-refractivity contribution in [1.82, 2.24) is 26.6 Å². The van der Waals surface area contributed by atoms with Gasteiger partial charge in [0.15, 0.2) is 0 Å². The molecule has 0 aliphatic rings. The standard InChI is InChI=1S/C28H43N7O11/c1-13(2)22(35-26(43)21(30)14(3)38)27(44)33-18(11-36)25(42)32-17(10-20(29)39)24(41)31-16(9-15-7-5-4-6-8-15)23(40)34-19(12-37)28(45)46/h4-8,13-14,16-19,21-22,36-38H,9-12,30H2,1-3H3,(H2,29,39)(H,31,41)(H,32,42)(H,33,44)(H,34,40)(H,35,43)(H,45,46)/t14-,16+,17+,18+,19+,21+,22+/m1/s1. The molecule has 6 amide bonds. The average molecular weight is 654 g/mol. The van der Waals surface area contributed by atoms with Gasteiger partial charge in [0, 0.05) is 6.42 Å². The lowest BCUT2D eigenvalue weighted by Crippen LogP contribution is -2.61. The number of nitrogens with two attached hydrogens (primary N) is 2. The second-order valence-electron chi connectivity index (χ2n) is 10.8. The van der Waals surface area contributed by atoms with E-state index in [-0.39, 0.29) is 6.42 Å². The van der Waals surface area contributed by atoms with Crippen molar-refractivity contribution in [3.05, 3.63) is 35.9 Å². The van der Waals surface area contributed by atoms with Crippen molar-refractivity contribution in [1.29, 1.82) is 0 Å². The fraction of sp³-hybridized carbons (Fsp3) is 0.536. The molecular formula is C28H43N7O11. The highest BCUT2D eigenvalue weighted by atomic mass is 16.4. The van der Waals surface area contributed by atoms with Gasteiger partial charge in [-0.15, -0.1) is 0 Å². The molecule has 1 aromatic carbocycles. The van der Waals surface area contributed by atoms with Crippen LogP contribution in [0.3, 0.4) is 0 Å². The number of carbonyl (C=O) groups is 7. The number of carbonyl (C=O) groups excluding carboxylic acids is 6. The fourth-order valence-corrected chi connectivity index (χ4v) is 3.93. The molecule has 0 heterocycles. The van der Waals surface area contributed by atoms with Crippen LogP contribution in [0.4, 0.5) is 0 Å². The highest BCUT2D eigenvalue weighted by molar-refractivity contribution is 5.98. The highest BCUT2D eigenvalue weighted by Gasteiger charge is 2.34. The molecule has 46 heavy (non-hydrogen) atoms. The van der Waals surface area contributed by atoms with Crippen molar-refractivity contribution in [3.8, 4) is 0 Å². The van der Waals surface area contributed by atoms with Gasteiger partial charge in [0.05, 0.1) is 25.7 Å². The van der Waals surface area contributed by atoms with Gasteiger partial charge in [-0.2, -0.15) is 0 Å². The molecule has 18 heteroatoms. The second-order valence-corrected chi connectivity index (χ2v) is 10.8. The topological polar surface area (TPSA) is 313 Å². The summed E-state index contributed by atoms with van der Waals surface area (Å²) in [6.07, 6.45) is -2.17. The zero-order valence-electron chi connectivity index (χ0n) is 25.6. The Labute approximate surface area is 264 Å². The Morgan fingerprint density at radius 3 is 1.65 bits per heavy atom. The number of aliphatic hydroxyl groups is 3. The molecule has 0 aliphatic carbocycles. The summed E-state index contributed by atoms with van der Waals surface area (Å²) in [5, 5.41) is 49.2. The summed E-state index contributed by atoms with van der Waals surface area (Å²) in [5.41, 5.74) is 11.4. The van der Waals surface area contributed by atoms with E-state index in [1.165, 1.54) is 6.92 Å². The number of benzene rings is 1. The Balaban J connectivity index is 3.17. The van der Waals surface area contributed by atoms with Crippen LogP contribution in [0, 0.1) is 5.92 Å². The Hall–Kier alpha value is -4.65. The molecular weight excluding hydrogens is 610 g/mol. The SMILES string of the molecule is CC(C)[C@H](NC(=O)[C@@H](N)[C@@H](C)O)C(=O)N[C@@H](CO)C(=O)N[C@@H](CC(N)=O)C(=O)N[C@@H](Cc1ccccc1)C(=O)N[C@@H](CO)C(=O)O. The normalized spacial score (nSPS) is 15.6. The maximum atomic E-state index is 13.3. The smallest absolute Gasteiger partial charge is 0.328 e. The van der Waals surface area contributed by atoms with Crippen LogP contribution < -0.4 is 38.1 Å². The van der Waals surface area contributed by atoms with Gasteiger partial charge >= 0.3 is 5.97 Å². The van der Waals surface area contributed by atoms with E-state index in [1.54, 1.807) is 44.2 Å². The zero-order valence-corrected chi connectivity index (χ0v) is 25.6. The first-order valence-electron chi connectivity index (χ1n) is 14.2. The monoisotopic (exact) mass is 653 g/mol. The van der Waals surface area contributed by atoms with E-state index in [0.717, 1.165) is 0 Å². The molecule has 0 radical (unpaired) electrons. The summed E-state index contributed by atoms with van der Waals surface area (Å²) in [4.78, 5) is 87.7. The van der Waals surface area contributed by atoms with E-state index in [0.29, 0.717) is 5.56 Å². The van der Waals surface area contributed by atoms with E-state index in [1.807, 2.05) is 0 Å². The van der Waals surface area contributed by atoms with Crippen LogP contribution in [0.15, 0.2) is 30.3 Å². The predicted octanol–water partition coefficient (Wildman–Crippen LogP) is -5.04. The molecule has 18 nitrogen and oxygen atoms in total. The molecule has 0 saturated heterocycles. The first-order chi connectivity index (χ1) is 21.5. The minimum absolute atomic E-state index is 0.163. The fourth-order valence-electron chi connectivity index (χ4n) is 3.93. The van der Waals surface area contributed by atoms with Gasteiger partial charge in [-0.1, -0.05) is 44.2 Å². The van der Waals surface area contributed by atoms with Crippen LogP contribution in [0.25, 0.3) is 0 Å². The predicted molar refractivity (Wildman–Crippen MR) is 160 cm³/mol. The number of rotatable bonds is 19. The Morgan fingerprint density at radius 1 is 0.696 bits per heavy atom. The Kier molecular flexibility index (Phi) is 16.3. The van der Waals surface area contributed by atoms with E-state index in [9.17, 15) is 54.0 Å².